The van der Waals surface area contributed by atoms with E-state index >= 15 is 0 Å². The molecule has 1 unspecified atom stereocenters. The first-order valence-electron chi connectivity index (χ1n) is 7.48. The van der Waals surface area contributed by atoms with Crippen molar-refractivity contribution in [1.82, 2.24) is 10.2 Å². The molecule has 1 aliphatic rings. The Hall–Kier alpha value is -0.620. The number of amides is 1. The number of benzene rings is 1. The van der Waals surface area contributed by atoms with Gasteiger partial charge in [-0.1, -0.05) is 18.2 Å². The third-order valence-electron chi connectivity index (χ3n) is 3.81. The SMILES string of the molecule is CN(CCN(C)c1ccccc1)C(=O)CC1CSCCN1.Cl.Cl. The van der Waals surface area contributed by atoms with Gasteiger partial charge in [-0.15, -0.1) is 24.8 Å². The second-order valence-corrected chi connectivity index (χ2v) is 6.65. The van der Waals surface area contributed by atoms with E-state index in [0.717, 1.165) is 31.1 Å². The number of nitrogens with zero attached hydrogens (tertiary/aromatic N) is 2. The lowest BCUT2D eigenvalue weighted by atomic mass is 10.2. The Morgan fingerprint density at radius 3 is 2.52 bits per heavy atom. The maximum Gasteiger partial charge on any atom is 0.223 e. The van der Waals surface area contributed by atoms with Crippen LogP contribution >= 0.6 is 36.6 Å². The number of thioether (sulfide) groups is 1. The summed E-state index contributed by atoms with van der Waals surface area (Å²) in [5.74, 6) is 2.43. The predicted octanol–water partition coefficient (Wildman–Crippen LogP) is 2.52. The Kier molecular flexibility index (Phi) is 11.5. The Balaban J connectivity index is 0.00000242. The molecule has 2 rings (SSSR count). The third kappa shape index (κ3) is 7.66. The first-order valence-corrected chi connectivity index (χ1v) is 8.63. The molecule has 1 aliphatic heterocycles. The molecule has 0 bridgehead atoms. The van der Waals surface area contributed by atoms with Crippen molar-refractivity contribution in [3.8, 4) is 0 Å². The normalized spacial score (nSPS) is 16.7. The summed E-state index contributed by atoms with van der Waals surface area (Å²) in [6.45, 7) is 2.62. The Morgan fingerprint density at radius 2 is 1.91 bits per heavy atom. The molecule has 1 atom stereocenters. The van der Waals surface area contributed by atoms with Crippen molar-refractivity contribution in [1.29, 1.82) is 0 Å². The quantitative estimate of drug-likeness (QED) is 0.823. The first-order chi connectivity index (χ1) is 10.2. The van der Waals surface area contributed by atoms with Crippen LogP contribution in [0.2, 0.25) is 0 Å². The molecule has 0 radical (unpaired) electrons. The van der Waals surface area contributed by atoms with E-state index in [4.69, 9.17) is 0 Å². The third-order valence-corrected chi connectivity index (χ3v) is 4.94. The summed E-state index contributed by atoms with van der Waals surface area (Å²) in [7, 11) is 3.96. The minimum atomic E-state index is 0. The lowest BCUT2D eigenvalue weighted by Crippen LogP contribution is -2.43. The fraction of sp³-hybridized carbons (Fsp3) is 0.562. The highest BCUT2D eigenvalue weighted by Gasteiger charge is 2.19. The monoisotopic (exact) mass is 379 g/mol. The van der Waals surface area contributed by atoms with E-state index < -0.39 is 0 Å². The highest BCUT2D eigenvalue weighted by molar-refractivity contribution is 7.99. The summed E-state index contributed by atoms with van der Waals surface area (Å²) < 4.78 is 0. The minimum absolute atomic E-state index is 0. The number of carbonyl (C=O) groups is 1. The zero-order valence-corrected chi connectivity index (χ0v) is 16.2. The average molecular weight is 380 g/mol. The summed E-state index contributed by atoms with van der Waals surface area (Å²) in [5, 5.41) is 3.42. The van der Waals surface area contributed by atoms with Crippen molar-refractivity contribution < 1.29 is 4.79 Å². The second-order valence-electron chi connectivity index (χ2n) is 5.50. The van der Waals surface area contributed by atoms with Gasteiger partial charge < -0.3 is 15.1 Å². The molecular weight excluding hydrogens is 353 g/mol. The fourth-order valence-corrected chi connectivity index (χ4v) is 3.30. The van der Waals surface area contributed by atoms with Crippen molar-refractivity contribution >= 4 is 48.2 Å². The largest absolute Gasteiger partial charge is 0.373 e. The van der Waals surface area contributed by atoms with Crippen molar-refractivity contribution in [2.45, 2.75) is 12.5 Å². The zero-order chi connectivity index (χ0) is 15.1. The van der Waals surface area contributed by atoms with E-state index in [2.05, 4.69) is 29.4 Å². The Morgan fingerprint density at radius 1 is 1.22 bits per heavy atom. The molecular formula is C16H27Cl2N3OS. The summed E-state index contributed by atoms with van der Waals surface area (Å²) in [4.78, 5) is 16.2. The van der Waals surface area contributed by atoms with Gasteiger partial charge in [-0.25, -0.2) is 0 Å². The van der Waals surface area contributed by atoms with E-state index in [9.17, 15) is 4.79 Å². The number of para-hydroxylation sites is 1. The molecule has 7 heteroatoms. The number of hydrogen-bond acceptors (Lipinski definition) is 4. The highest BCUT2D eigenvalue weighted by Crippen LogP contribution is 2.12. The molecule has 23 heavy (non-hydrogen) atoms. The van der Waals surface area contributed by atoms with Crippen molar-refractivity contribution in [2.75, 3.05) is 50.1 Å². The minimum Gasteiger partial charge on any atom is -0.373 e. The number of nitrogens with one attached hydrogen (secondary N) is 1. The van der Waals surface area contributed by atoms with Gasteiger partial charge in [0.15, 0.2) is 0 Å². The van der Waals surface area contributed by atoms with E-state index in [1.807, 2.05) is 41.9 Å². The molecule has 1 N–H and O–H groups in total. The summed E-state index contributed by atoms with van der Waals surface area (Å²) in [6, 6.07) is 10.6. The van der Waals surface area contributed by atoms with Crippen LogP contribution in [0, 0.1) is 0 Å². The van der Waals surface area contributed by atoms with Crippen LogP contribution in [0.1, 0.15) is 6.42 Å². The van der Waals surface area contributed by atoms with Crippen LogP contribution < -0.4 is 10.2 Å². The number of hydrogen-bond donors (Lipinski definition) is 1. The summed E-state index contributed by atoms with van der Waals surface area (Å²) in [6.07, 6.45) is 0.610. The second kappa shape index (κ2) is 11.8. The van der Waals surface area contributed by atoms with Crippen molar-refractivity contribution in [2.24, 2.45) is 0 Å². The van der Waals surface area contributed by atoms with Crippen LogP contribution in [-0.4, -0.2) is 62.1 Å². The topological polar surface area (TPSA) is 35.6 Å². The van der Waals surface area contributed by atoms with E-state index in [-0.39, 0.29) is 30.7 Å². The summed E-state index contributed by atoms with van der Waals surface area (Å²) in [5.41, 5.74) is 1.18. The number of likely N-dealkylation sites (N-methyl/N-ethyl adjacent to an activating group) is 2. The molecule has 1 fully saturated rings. The van der Waals surface area contributed by atoms with Gasteiger partial charge in [0.2, 0.25) is 5.91 Å². The Labute approximate surface area is 156 Å². The molecule has 0 aromatic heterocycles. The fourth-order valence-electron chi connectivity index (χ4n) is 2.35. The van der Waals surface area contributed by atoms with Crippen LogP contribution in [-0.2, 0) is 4.79 Å². The lowest BCUT2D eigenvalue weighted by molar-refractivity contribution is -0.130. The van der Waals surface area contributed by atoms with Gasteiger partial charge in [0, 0.05) is 63.4 Å². The Bertz CT molecular complexity index is 444. The molecule has 0 saturated carbocycles. The number of rotatable bonds is 6. The molecule has 1 amide bonds. The average Bonchev–Trinajstić information content (AvgIpc) is 2.54. The smallest absolute Gasteiger partial charge is 0.223 e. The van der Waals surface area contributed by atoms with Crippen LogP contribution in [0.25, 0.3) is 0 Å². The van der Waals surface area contributed by atoms with Gasteiger partial charge in [0.1, 0.15) is 0 Å². The van der Waals surface area contributed by atoms with E-state index in [1.54, 1.807) is 0 Å². The molecule has 0 aliphatic carbocycles. The number of anilines is 1. The van der Waals surface area contributed by atoms with Gasteiger partial charge in [0.25, 0.3) is 0 Å². The molecule has 1 heterocycles. The van der Waals surface area contributed by atoms with Crippen molar-refractivity contribution in [3.05, 3.63) is 30.3 Å². The molecule has 0 spiro atoms. The molecule has 4 nitrogen and oxygen atoms in total. The van der Waals surface area contributed by atoms with Gasteiger partial charge >= 0.3 is 0 Å². The maximum atomic E-state index is 12.2. The van der Waals surface area contributed by atoms with E-state index in [0.29, 0.717) is 12.5 Å². The molecule has 132 valence electrons. The standard InChI is InChI=1S/C16H25N3OS.2ClH/c1-18(15-6-4-3-5-7-15)9-10-19(2)16(20)12-14-13-21-11-8-17-14;;/h3-7,14,17H,8-13H2,1-2H3;2*1H. The zero-order valence-electron chi connectivity index (χ0n) is 13.7. The predicted molar refractivity (Wildman–Crippen MR) is 106 cm³/mol. The van der Waals surface area contributed by atoms with Gasteiger partial charge in [-0.05, 0) is 12.1 Å². The van der Waals surface area contributed by atoms with Crippen molar-refractivity contribution in [3.63, 3.8) is 0 Å². The molecule has 1 aromatic carbocycles. The summed E-state index contributed by atoms with van der Waals surface area (Å²) >= 11 is 1.93. The van der Waals surface area contributed by atoms with Gasteiger partial charge in [-0.3, -0.25) is 4.79 Å². The van der Waals surface area contributed by atoms with Gasteiger partial charge in [-0.2, -0.15) is 11.8 Å². The van der Waals surface area contributed by atoms with Crippen LogP contribution in [0.15, 0.2) is 30.3 Å². The first kappa shape index (κ1) is 22.4. The van der Waals surface area contributed by atoms with Gasteiger partial charge in [0.05, 0.1) is 0 Å². The van der Waals surface area contributed by atoms with Crippen LogP contribution in [0.4, 0.5) is 5.69 Å². The van der Waals surface area contributed by atoms with E-state index in [1.165, 1.54) is 5.69 Å². The van der Waals surface area contributed by atoms with Crippen LogP contribution in [0.3, 0.4) is 0 Å². The maximum absolute atomic E-state index is 12.2. The molecule has 1 saturated heterocycles. The lowest BCUT2D eigenvalue weighted by Gasteiger charge is -2.27. The number of carbonyl (C=O) groups excluding carboxylic acids is 1. The number of halogens is 2. The van der Waals surface area contributed by atoms with Crippen LogP contribution in [0.5, 0.6) is 0 Å². The molecule has 1 aromatic rings. The highest BCUT2D eigenvalue weighted by atomic mass is 35.5.